The highest BCUT2D eigenvalue weighted by atomic mass is 32.2. The molecule has 0 saturated carbocycles. The summed E-state index contributed by atoms with van der Waals surface area (Å²) in [5.41, 5.74) is 0.781. The standard InChI is InChI=1S/C18H15N3O5S/c1-27(24,25)14-9-7-13(8-10-14)19-17(23)15-11-26-18(20-15)21-16(22)12-5-3-2-4-6-12/h2-11H,1H3,(H,19,23)(H,20,21,22). The van der Waals surface area contributed by atoms with Gasteiger partial charge in [-0.15, -0.1) is 0 Å². The predicted octanol–water partition coefficient (Wildman–Crippen LogP) is 2.58. The van der Waals surface area contributed by atoms with Crippen LogP contribution in [0.25, 0.3) is 0 Å². The maximum Gasteiger partial charge on any atom is 0.302 e. The summed E-state index contributed by atoms with van der Waals surface area (Å²) >= 11 is 0. The van der Waals surface area contributed by atoms with Crippen LogP contribution in [0.4, 0.5) is 11.7 Å². The maximum absolute atomic E-state index is 12.2. The number of aromatic nitrogens is 1. The summed E-state index contributed by atoms with van der Waals surface area (Å²) in [5, 5.41) is 5.02. The number of nitrogens with zero attached hydrogens (tertiary/aromatic N) is 1. The van der Waals surface area contributed by atoms with Crippen molar-refractivity contribution in [3.8, 4) is 0 Å². The summed E-state index contributed by atoms with van der Waals surface area (Å²) < 4.78 is 28.0. The van der Waals surface area contributed by atoms with Crippen LogP contribution < -0.4 is 10.6 Å². The first-order chi connectivity index (χ1) is 12.8. The molecule has 3 aromatic rings. The molecule has 0 spiro atoms. The topological polar surface area (TPSA) is 118 Å². The Hall–Kier alpha value is -3.46. The first kappa shape index (κ1) is 18.3. The van der Waals surface area contributed by atoms with Crippen LogP contribution >= 0.6 is 0 Å². The van der Waals surface area contributed by atoms with Crippen molar-refractivity contribution in [3.05, 3.63) is 72.1 Å². The van der Waals surface area contributed by atoms with E-state index < -0.39 is 21.7 Å². The van der Waals surface area contributed by atoms with E-state index in [2.05, 4.69) is 15.6 Å². The number of carbonyl (C=O) groups excluding carboxylic acids is 2. The highest BCUT2D eigenvalue weighted by molar-refractivity contribution is 7.90. The molecule has 0 aliphatic heterocycles. The molecule has 1 aromatic heterocycles. The van der Waals surface area contributed by atoms with Gasteiger partial charge in [0.05, 0.1) is 4.90 Å². The molecule has 2 aromatic carbocycles. The minimum absolute atomic E-state index is 0.0365. The lowest BCUT2D eigenvalue weighted by Crippen LogP contribution is -2.14. The summed E-state index contributed by atoms with van der Waals surface area (Å²) in [4.78, 5) is 28.3. The van der Waals surface area contributed by atoms with E-state index in [0.29, 0.717) is 11.3 Å². The zero-order valence-corrected chi connectivity index (χ0v) is 15.0. The average molecular weight is 385 g/mol. The average Bonchev–Trinajstić information content (AvgIpc) is 3.11. The van der Waals surface area contributed by atoms with Gasteiger partial charge in [-0.2, -0.15) is 4.98 Å². The van der Waals surface area contributed by atoms with Crippen molar-refractivity contribution < 1.29 is 22.4 Å². The monoisotopic (exact) mass is 385 g/mol. The molecular formula is C18H15N3O5S. The Morgan fingerprint density at radius 3 is 2.22 bits per heavy atom. The second-order valence-electron chi connectivity index (χ2n) is 5.61. The van der Waals surface area contributed by atoms with E-state index in [4.69, 9.17) is 4.42 Å². The van der Waals surface area contributed by atoms with Gasteiger partial charge < -0.3 is 9.73 Å². The second-order valence-corrected chi connectivity index (χ2v) is 7.62. The minimum Gasteiger partial charge on any atom is -0.431 e. The zero-order valence-electron chi connectivity index (χ0n) is 14.2. The molecule has 27 heavy (non-hydrogen) atoms. The highest BCUT2D eigenvalue weighted by Crippen LogP contribution is 2.16. The van der Waals surface area contributed by atoms with E-state index in [-0.39, 0.29) is 16.6 Å². The number of carbonyl (C=O) groups is 2. The van der Waals surface area contributed by atoms with Gasteiger partial charge in [0.25, 0.3) is 11.8 Å². The number of benzene rings is 2. The van der Waals surface area contributed by atoms with Crippen molar-refractivity contribution >= 4 is 33.4 Å². The Kier molecular flexibility index (Phi) is 5.04. The lowest BCUT2D eigenvalue weighted by Gasteiger charge is -2.04. The van der Waals surface area contributed by atoms with Crippen molar-refractivity contribution in [3.63, 3.8) is 0 Å². The number of sulfone groups is 1. The lowest BCUT2D eigenvalue weighted by molar-refractivity contribution is 0.101. The number of oxazole rings is 1. The number of rotatable bonds is 5. The van der Waals surface area contributed by atoms with E-state index in [1.807, 2.05) is 0 Å². The van der Waals surface area contributed by atoms with Crippen LogP contribution in [0.1, 0.15) is 20.8 Å². The van der Waals surface area contributed by atoms with Crippen LogP contribution in [0.15, 0.2) is 70.2 Å². The van der Waals surface area contributed by atoms with Crippen molar-refractivity contribution in [2.24, 2.45) is 0 Å². The summed E-state index contributed by atoms with van der Waals surface area (Å²) in [6, 6.07) is 14.1. The molecule has 0 atom stereocenters. The van der Waals surface area contributed by atoms with Crippen LogP contribution in [-0.2, 0) is 9.84 Å². The zero-order chi connectivity index (χ0) is 19.4. The Morgan fingerprint density at radius 1 is 0.926 bits per heavy atom. The largest absolute Gasteiger partial charge is 0.431 e. The van der Waals surface area contributed by atoms with Gasteiger partial charge >= 0.3 is 6.01 Å². The van der Waals surface area contributed by atoms with Crippen molar-refractivity contribution in [1.82, 2.24) is 4.98 Å². The van der Waals surface area contributed by atoms with Gasteiger partial charge in [0.2, 0.25) is 0 Å². The number of hydrogen-bond donors (Lipinski definition) is 2. The predicted molar refractivity (Wildman–Crippen MR) is 98.4 cm³/mol. The van der Waals surface area contributed by atoms with E-state index >= 15 is 0 Å². The fourth-order valence-corrected chi connectivity index (χ4v) is 2.81. The number of anilines is 2. The first-order valence-corrected chi connectivity index (χ1v) is 9.65. The van der Waals surface area contributed by atoms with Gasteiger partial charge in [-0.3, -0.25) is 14.9 Å². The first-order valence-electron chi connectivity index (χ1n) is 7.76. The Morgan fingerprint density at radius 2 is 1.59 bits per heavy atom. The van der Waals surface area contributed by atoms with Gasteiger partial charge in [0, 0.05) is 17.5 Å². The van der Waals surface area contributed by atoms with Crippen molar-refractivity contribution in [1.29, 1.82) is 0 Å². The van der Waals surface area contributed by atoms with Crippen LogP contribution in [0, 0.1) is 0 Å². The molecular weight excluding hydrogens is 370 g/mol. The molecule has 9 heteroatoms. The summed E-state index contributed by atoms with van der Waals surface area (Å²) in [7, 11) is -3.31. The molecule has 0 aliphatic rings. The molecule has 0 unspecified atom stereocenters. The van der Waals surface area contributed by atoms with Crippen molar-refractivity contribution in [2.45, 2.75) is 4.90 Å². The van der Waals surface area contributed by atoms with E-state index in [1.165, 1.54) is 24.3 Å². The van der Waals surface area contributed by atoms with Crippen LogP contribution in [0.3, 0.4) is 0 Å². The van der Waals surface area contributed by atoms with E-state index in [9.17, 15) is 18.0 Å². The third kappa shape index (κ3) is 4.59. The molecule has 138 valence electrons. The molecule has 0 aliphatic carbocycles. The molecule has 8 nitrogen and oxygen atoms in total. The molecule has 2 amide bonds. The molecule has 0 saturated heterocycles. The summed E-state index contributed by atoms with van der Waals surface area (Å²) in [6.07, 6.45) is 2.21. The van der Waals surface area contributed by atoms with Gasteiger partial charge in [0.1, 0.15) is 6.26 Å². The van der Waals surface area contributed by atoms with Gasteiger partial charge in [-0.05, 0) is 36.4 Å². The van der Waals surface area contributed by atoms with Crippen LogP contribution in [0.5, 0.6) is 0 Å². The highest BCUT2D eigenvalue weighted by Gasteiger charge is 2.15. The third-order valence-corrected chi connectivity index (χ3v) is 4.66. The van der Waals surface area contributed by atoms with E-state index in [0.717, 1.165) is 12.5 Å². The van der Waals surface area contributed by atoms with Crippen LogP contribution in [0.2, 0.25) is 0 Å². The van der Waals surface area contributed by atoms with Gasteiger partial charge in [0.15, 0.2) is 15.5 Å². The number of hydrogen-bond acceptors (Lipinski definition) is 6. The second kappa shape index (κ2) is 7.42. The SMILES string of the molecule is CS(=O)(=O)c1ccc(NC(=O)c2coc(NC(=O)c3ccccc3)n2)cc1. The molecule has 3 rings (SSSR count). The Balaban J connectivity index is 1.65. The molecule has 0 bridgehead atoms. The third-order valence-electron chi connectivity index (χ3n) is 3.53. The fourth-order valence-electron chi connectivity index (χ4n) is 2.17. The van der Waals surface area contributed by atoms with Gasteiger partial charge in [-0.25, -0.2) is 8.42 Å². The lowest BCUT2D eigenvalue weighted by atomic mass is 10.2. The van der Waals surface area contributed by atoms with Gasteiger partial charge in [-0.1, -0.05) is 18.2 Å². The van der Waals surface area contributed by atoms with E-state index in [1.54, 1.807) is 30.3 Å². The molecule has 0 radical (unpaired) electrons. The fraction of sp³-hybridized carbons (Fsp3) is 0.0556. The minimum atomic E-state index is -3.31. The number of amides is 2. The Labute approximate surface area is 155 Å². The quantitative estimate of drug-likeness (QED) is 0.697. The molecule has 2 N–H and O–H groups in total. The normalized spacial score (nSPS) is 11.0. The molecule has 0 fully saturated rings. The summed E-state index contributed by atoms with van der Waals surface area (Å²) in [5.74, 6) is -0.980. The Bertz CT molecular complexity index is 1070. The smallest absolute Gasteiger partial charge is 0.302 e. The molecule has 1 heterocycles. The summed E-state index contributed by atoms with van der Waals surface area (Å²) in [6.45, 7) is 0. The maximum atomic E-state index is 12.2. The van der Waals surface area contributed by atoms with Crippen LogP contribution in [-0.4, -0.2) is 31.5 Å². The number of nitrogens with one attached hydrogen (secondary N) is 2. The van der Waals surface area contributed by atoms with Crippen molar-refractivity contribution in [2.75, 3.05) is 16.9 Å².